The van der Waals surface area contributed by atoms with Crippen LogP contribution in [0.4, 0.5) is 5.82 Å². The summed E-state index contributed by atoms with van der Waals surface area (Å²) in [5, 5.41) is 13.8. The molecule has 0 spiro atoms. The summed E-state index contributed by atoms with van der Waals surface area (Å²) in [5.74, 6) is 4.61. The Morgan fingerprint density at radius 3 is 2.66 bits per heavy atom. The summed E-state index contributed by atoms with van der Waals surface area (Å²) < 4.78 is 7.37. The third-order valence-electron chi connectivity index (χ3n) is 4.95. The molecule has 4 heterocycles. The summed E-state index contributed by atoms with van der Waals surface area (Å²) in [4.78, 5) is 9.10. The number of hydrogen-bond donors (Lipinski definition) is 0. The number of fused-ring (bicyclic) bond motifs is 1. The van der Waals surface area contributed by atoms with Crippen LogP contribution in [0.25, 0.3) is 16.6 Å². The van der Waals surface area contributed by atoms with E-state index < -0.39 is 0 Å². The maximum atomic E-state index is 9.47. The number of ether oxygens (including phenoxy) is 1. The molecular formula is C22H22N6O. The Morgan fingerprint density at radius 2 is 2.00 bits per heavy atom. The van der Waals surface area contributed by atoms with Gasteiger partial charge >= 0.3 is 0 Å². The van der Waals surface area contributed by atoms with Crippen molar-refractivity contribution in [2.24, 2.45) is 0 Å². The van der Waals surface area contributed by atoms with Crippen LogP contribution in [0.15, 0.2) is 36.8 Å². The number of piperazine rings is 1. The van der Waals surface area contributed by atoms with E-state index in [2.05, 4.69) is 32.9 Å². The number of rotatable bonds is 4. The van der Waals surface area contributed by atoms with Crippen LogP contribution in [0, 0.1) is 23.3 Å². The molecule has 7 nitrogen and oxygen atoms in total. The van der Waals surface area contributed by atoms with Gasteiger partial charge in [-0.15, -0.1) is 0 Å². The first-order chi connectivity index (χ1) is 14.2. The minimum Gasteiger partial charge on any atom is -0.492 e. The first-order valence-corrected chi connectivity index (χ1v) is 9.66. The van der Waals surface area contributed by atoms with Crippen molar-refractivity contribution in [3.8, 4) is 34.9 Å². The summed E-state index contributed by atoms with van der Waals surface area (Å²) in [6, 6.07) is 11.4. The van der Waals surface area contributed by atoms with Gasteiger partial charge in [0.15, 0.2) is 0 Å². The lowest BCUT2D eigenvalue weighted by atomic mass is 10.1. The van der Waals surface area contributed by atoms with Gasteiger partial charge in [-0.25, -0.2) is 9.50 Å². The topological polar surface area (TPSA) is 69.7 Å². The molecule has 0 saturated carbocycles. The number of anilines is 1. The van der Waals surface area contributed by atoms with Crippen LogP contribution in [-0.2, 0) is 0 Å². The van der Waals surface area contributed by atoms with Crippen LogP contribution in [0.3, 0.4) is 0 Å². The molecule has 1 saturated heterocycles. The van der Waals surface area contributed by atoms with Crippen molar-refractivity contribution in [3.63, 3.8) is 0 Å². The van der Waals surface area contributed by atoms with E-state index in [0.717, 1.165) is 48.6 Å². The zero-order valence-electron chi connectivity index (χ0n) is 16.6. The molecule has 0 radical (unpaired) electrons. The molecule has 0 aliphatic carbocycles. The fourth-order valence-electron chi connectivity index (χ4n) is 3.58. The monoisotopic (exact) mass is 386 g/mol. The number of nitrogens with zero attached hydrogens (tertiary/aromatic N) is 6. The molecule has 4 rings (SSSR count). The van der Waals surface area contributed by atoms with E-state index in [1.54, 1.807) is 16.9 Å². The summed E-state index contributed by atoms with van der Waals surface area (Å²) in [6.07, 6.45) is 5.23. The molecule has 3 aromatic heterocycles. The summed E-state index contributed by atoms with van der Waals surface area (Å²) in [7, 11) is 0. The van der Waals surface area contributed by atoms with Crippen molar-refractivity contribution in [1.82, 2.24) is 19.5 Å². The molecular weight excluding hydrogens is 364 g/mol. The van der Waals surface area contributed by atoms with Crippen LogP contribution in [0.1, 0.15) is 19.4 Å². The van der Waals surface area contributed by atoms with Crippen molar-refractivity contribution in [2.75, 3.05) is 37.7 Å². The van der Waals surface area contributed by atoms with Gasteiger partial charge < -0.3 is 14.5 Å². The lowest BCUT2D eigenvalue weighted by Crippen LogP contribution is -2.44. The first kappa shape index (κ1) is 18.6. The van der Waals surface area contributed by atoms with Crippen LogP contribution in [0.2, 0.25) is 0 Å². The Hall–Kier alpha value is -3.71. The molecule has 0 bridgehead atoms. The highest BCUT2D eigenvalue weighted by atomic mass is 16.5. The van der Waals surface area contributed by atoms with Crippen molar-refractivity contribution < 1.29 is 4.74 Å². The lowest BCUT2D eigenvalue weighted by molar-refractivity contribution is 0.338. The van der Waals surface area contributed by atoms with Gasteiger partial charge in [0.2, 0.25) is 0 Å². The van der Waals surface area contributed by atoms with E-state index in [-0.39, 0.29) is 0 Å². The molecule has 0 N–H and O–H groups in total. The molecule has 1 aliphatic heterocycles. The second-order valence-corrected chi connectivity index (χ2v) is 6.73. The summed E-state index contributed by atoms with van der Waals surface area (Å²) >= 11 is 0. The van der Waals surface area contributed by atoms with Crippen LogP contribution in [0.5, 0.6) is 5.75 Å². The first-order valence-electron chi connectivity index (χ1n) is 9.66. The van der Waals surface area contributed by atoms with Gasteiger partial charge in [0.05, 0.1) is 30.1 Å². The minimum absolute atomic E-state index is 0.528. The highest BCUT2D eigenvalue weighted by Gasteiger charge is 2.17. The van der Waals surface area contributed by atoms with Gasteiger partial charge in [0, 0.05) is 49.5 Å². The molecule has 146 valence electrons. The fraction of sp³-hybridized carbons (Fsp3) is 0.318. The van der Waals surface area contributed by atoms with E-state index in [0.29, 0.717) is 17.9 Å². The van der Waals surface area contributed by atoms with Gasteiger partial charge in [-0.3, -0.25) is 0 Å². The fourth-order valence-corrected chi connectivity index (χ4v) is 3.58. The van der Waals surface area contributed by atoms with Crippen molar-refractivity contribution >= 4 is 11.3 Å². The zero-order valence-corrected chi connectivity index (χ0v) is 16.6. The molecule has 1 fully saturated rings. The third kappa shape index (κ3) is 3.68. The van der Waals surface area contributed by atoms with E-state index in [1.165, 1.54) is 0 Å². The highest BCUT2D eigenvalue weighted by Crippen LogP contribution is 2.31. The van der Waals surface area contributed by atoms with E-state index in [9.17, 15) is 5.26 Å². The highest BCUT2D eigenvalue weighted by molar-refractivity contribution is 5.85. The maximum Gasteiger partial charge on any atom is 0.138 e. The molecule has 29 heavy (non-hydrogen) atoms. The smallest absolute Gasteiger partial charge is 0.138 e. The lowest BCUT2D eigenvalue weighted by Gasteiger charge is -2.33. The summed E-state index contributed by atoms with van der Waals surface area (Å²) in [5.41, 5.74) is 3.09. The number of nitriles is 1. The molecule has 3 aromatic rings. The Morgan fingerprint density at radius 1 is 1.17 bits per heavy atom. The van der Waals surface area contributed by atoms with E-state index >= 15 is 0 Å². The third-order valence-corrected chi connectivity index (χ3v) is 4.95. The average molecular weight is 386 g/mol. The van der Waals surface area contributed by atoms with Crippen molar-refractivity contribution in [2.45, 2.75) is 13.8 Å². The Kier molecular flexibility index (Phi) is 5.22. The molecule has 0 unspecified atom stereocenters. The van der Waals surface area contributed by atoms with E-state index in [1.807, 2.05) is 38.2 Å². The average Bonchev–Trinajstić information content (AvgIpc) is 3.17. The quantitative estimate of drug-likeness (QED) is 0.642. The molecule has 1 aliphatic rings. The second kappa shape index (κ2) is 8.12. The van der Waals surface area contributed by atoms with Crippen LogP contribution >= 0.6 is 0 Å². The van der Waals surface area contributed by atoms with Crippen molar-refractivity contribution in [1.29, 1.82) is 5.26 Å². The summed E-state index contributed by atoms with van der Waals surface area (Å²) in [6.45, 7) is 7.96. The number of aromatic nitrogens is 3. The van der Waals surface area contributed by atoms with E-state index in [4.69, 9.17) is 9.72 Å². The Balaban J connectivity index is 1.65. The largest absolute Gasteiger partial charge is 0.492 e. The normalized spacial score (nSPS) is 13.7. The maximum absolute atomic E-state index is 9.47. The number of hydrogen-bond acceptors (Lipinski definition) is 6. The Labute approximate surface area is 170 Å². The van der Waals surface area contributed by atoms with Gasteiger partial charge in [-0.05, 0) is 32.0 Å². The molecule has 0 aromatic carbocycles. The minimum atomic E-state index is 0.528. The van der Waals surface area contributed by atoms with Crippen molar-refractivity contribution in [3.05, 3.63) is 42.4 Å². The Bertz CT molecular complexity index is 1110. The molecule has 7 heteroatoms. The van der Waals surface area contributed by atoms with Gasteiger partial charge in [0.1, 0.15) is 17.6 Å². The van der Waals surface area contributed by atoms with Gasteiger partial charge in [-0.2, -0.15) is 10.4 Å². The van der Waals surface area contributed by atoms with Crippen LogP contribution < -0.4 is 9.64 Å². The van der Waals surface area contributed by atoms with Gasteiger partial charge in [-0.1, -0.05) is 5.92 Å². The molecule has 0 atom stereocenters. The zero-order chi connectivity index (χ0) is 20.2. The molecule has 0 amide bonds. The predicted molar refractivity (Wildman–Crippen MR) is 112 cm³/mol. The predicted octanol–water partition coefficient (Wildman–Crippen LogP) is 2.77. The second-order valence-electron chi connectivity index (χ2n) is 6.73. The van der Waals surface area contributed by atoms with Crippen LogP contribution in [-0.4, -0.2) is 52.3 Å². The standard InChI is InChI=1S/C22H22N6O/c1-3-7-26-8-10-27(11-9-26)21-6-5-17(14-24-21)20-12-19(29-4-2)16-28-22(20)18(13-23)15-25-28/h5-6,12,14-16H,4,8-11H2,1-2H3. The number of pyridine rings is 2. The van der Waals surface area contributed by atoms with Gasteiger partial charge in [0.25, 0.3) is 0 Å². The SMILES string of the molecule is CC#CN1CCN(c2ccc(-c3cc(OCC)cn4ncc(C#N)c34)cn2)CC1.